The summed E-state index contributed by atoms with van der Waals surface area (Å²) in [5.74, 6) is 1.06. The molecule has 1 atom stereocenters. The van der Waals surface area contributed by atoms with Gasteiger partial charge in [-0.25, -0.2) is 0 Å². The van der Waals surface area contributed by atoms with Crippen molar-refractivity contribution < 1.29 is 8.95 Å². The summed E-state index contributed by atoms with van der Waals surface area (Å²) in [6.07, 6.45) is 0. The van der Waals surface area contributed by atoms with Crippen LogP contribution >= 0.6 is 11.6 Å². The first-order valence-electron chi connectivity index (χ1n) is 5.78. The highest BCUT2D eigenvalue weighted by Gasteiger charge is 2.07. The molecule has 2 N–H and O–H groups in total. The molecule has 0 amide bonds. The van der Waals surface area contributed by atoms with Crippen LogP contribution in [0.25, 0.3) is 0 Å². The standard InChI is InChI=1S/C14H14ClNO2S/c15-13-6-1-2-7-14(13)19(17)9-8-18-12-5-3-4-11(16)10-12/h1-7,10H,8-9,16H2. The number of benzene rings is 2. The van der Waals surface area contributed by atoms with Crippen LogP contribution in [0.5, 0.6) is 5.75 Å². The van der Waals surface area contributed by atoms with Crippen LogP contribution in [0.1, 0.15) is 0 Å². The second kappa shape index (κ2) is 6.59. The molecule has 19 heavy (non-hydrogen) atoms. The van der Waals surface area contributed by atoms with Crippen LogP contribution in [0.15, 0.2) is 53.4 Å². The van der Waals surface area contributed by atoms with Gasteiger partial charge in [0.15, 0.2) is 0 Å². The van der Waals surface area contributed by atoms with Crippen molar-refractivity contribution in [2.24, 2.45) is 0 Å². The van der Waals surface area contributed by atoms with Gasteiger partial charge in [0, 0.05) is 11.8 Å². The number of halogens is 1. The first-order valence-corrected chi connectivity index (χ1v) is 7.48. The molecule has 0 aliphatic rings. The first-order chi connectivity index (χ1) is 9.16. The lowest BCUT2D eigenvalue weighted by Crippen LogP contribution is -2.09. The van der Waals surface area contributed by atoms with Gasteiger partial charge >= 0.3 is 0 Å². The smallest absolute Gasteiger partial charge is 0.121 e. The fourth-order valence-electron chi connectivity index (χ4n) is 1.58. The highest BCUT2D eigenvalue weighted by Crippen LogP contribution is 2.19. The molecule has 100 valence electrons. The van der Waals surface area contributed by atoms with E-state index in [1.807, 2.05) is 24.3 Å². The Bertz CT molecular complexity index is 589. The van der Waals surface area contributed by atoms with Crippen LogP contribution < -0.4 is 10.5 Å². The Morgan fingerprint density at radius 3 is 2.68 bits per heavy atom. The molecule has 0 bridgehead atoms. The zero-order valence-electron chi connectivity index (χ0n) is 10.2. The van der Waals surface area contributed by atoms with Gasteiger partial charge in [0.1, 0.15) is 12.4 Å². The average molecular weight is 296 g/mol. The lowest BCUT2D eigenvalue weighted by atomic mass is 10.3. The molecule has 0 fully saturated rings. The van der Waals surface area contributed by atoms with E-state index in [1.165, 1.54) is 0 Å². The predicted octanol–water partition coefficient (Wildman–Crippen LogP) is 3.11. The third kappa shape index (κ3) is 3.98. The van der Waals surface area contributed by atoms with E-state index in [1.54, 1.807) is 24.3 Å². The van der Waals surface area contributed by atoms with Crippen molar-refractivity contribution in [2.45, 2.75) is 4.90 Å². The maximum atomic E-state index is 12.0. The molecule has 5 heteroatoms. The van der Waals surface area contributed by atoms with Crippen LogP contribution in [0.4, 0.5) is 5.69 Å². The molecule has 2 aromatic rings. The van der Waals surface area contributed by atoms with Crippen molar-refractivity contribution in [2.75, 3.05) is 18.1 Å². The fourth-order valence-corrected chi connectivity index (χ4v) is 2.94. The molecule has 0 aliphatic heterocycles. The van der Waals surface area contributed by atoms with Crippen molar-refractivity contribution in [3.63, 3.8) is 0 Å². The Labute approximate surface area is 119 Å². The maximum Gasteiger partial charge on any atom is 0.121 e. The van der Waals surface area contributed by atoms with E-state index in [4.69, 9.17) is 22.1 Å². The van der Waals surface area contributed by atoms with Crippen molar-refractivity contribution in [3.05, 3.63) is 53.6 Å². The zero-order valence-corrected chi connectivity index (χ0v) is 11.8. The summed E-state index contributed by atoms with van der Waals surface area (Å²) in [5.41, 5.74) is 6.29. The number of rotatable bonds is 5. The summed E-state index contributed by atoms with van der Waals surface area (Å²) in [7, 11) is -1.16. The monoisotopic (exact) mass is 295 g/mol. The maximum absolute atomic E-state index is 12.0. The van der Waals surface area contributed by atoms with Crippen LogP contribution in [0.2, 0.25) is 5.02 Å². The molecular formula is C14H14ClNO2S. The third-order valence-electron chi connectivity index (χ3n) is 2.48. The van der Waals surface area contributed by atoms with E-state index >= 15 is 0 Å². The second-order valence-electron chi connectivity index (χ2n) is 3.90. The van der Waals surface area contributed by atoms with Gasteiger partial charge in [0.05, 0.1) is 26.5 Å². The van der Waals surface area contributed by atoms with Crippen LogP contribution in [0.3, 0.4) is 0 Å². The van der Waals surface area contributed by atoms with Crippen molar-refractivity contribution >= 4 is 28.1 Å². The van der Waals surface area contributed by atoms with Crippen LogP contribution in [-0.4, -0.2) is 16.6 Å². The number of nitrogens with two attached hydrogens (primary N) is 1. The largest absolute Gasteiger partial charge is 0.493 e. The molecular weight excluding hydrogens is 282 g/mol. The minimum atomic E-state index is -1.16. The Balaban J connectivity index is 1.90. The van der Waals surface area contributed by atoms with Crippen molar-refractivity contribution in [3.8, 4) is 5.75 Å². The van der Waals surface area contributed by atoms with E-state index in [2.05, 4.69) is 0 Å². The lowest BCUT2D eigenvalue weighted by molar-refractivity contribution is 0.343. The molecule has 0 aliphatic carbocycles. The Hall–Kier alpha value is -1.52. The van der Waals surface area contributed by atoms with Gasteiger partial charge in [-0.3, -0.25) is 4.21 Å². The first kappa shape index (κ1) is 13.9. The molecule has 0 heterocycles. The predicted molar refractivity (Wildman–Crippen MR) is 79.1 cm³/mol. The molecule has 0 saturated carbocycles. The van der Waals surface area contributed by atoms with Crippen LogP contribution in [0, 0.1) is 0 Å². The van der Waals surface area contributed by atoms with E-state index in [-0.39, 0.29) is 0 Å². The average Bonchev–Trinajstić information content (AvgIpc) is 2.39. The van der Waals surface area contributed by atoms with E-state index < -0.39 is 10.8 Å². The Morgan fingerprint density at radius 1 is 1.16 bits per heavy atom. The SMILES string of the molecule is Nc1cccc(OCCS(=O)c2ccccc2Cl)c1. The molecule has 2 rings (SSSR count). The summed E-state index contributed by atoms with van der Waals surface area (Å²) in [6, 6.07) is 14.3. The Morgan fingerprint density at radius 2 is 1.95 bits per heavy atom. The van der Waals surface area contributed by atoms with Gasteiger partial charge < -0.3 is 10.5 Å². The van der Waals surface area contributed by atoms with Crippen molar-refractivity contribution in [1.29, 1.82) is 0 Å². The summed E-state index contributed by atoms with van der Waals surface area (Å²) >= 11 is 5.99. The Kier molecular flexibility index (Phi) is 4.82. The van der Waals surface area contributed by atoms with Crippen LogP contribution in [-0.2, 0) is 10.8 Å². The summed E-state index contributed by atoms with van der Waals surface area (Å²) < 4.78 is 17.5. The summed E-state index contributed by atoms with van der Waals surface area (Å²) in [5, 5.41) is 0.518. The van der Waals surface area contributed by atoms with Gasteiger partial charge in [-0.2, -0.15) is 0 Å². The molecule has 0 saturated heterocycles. The highest BCUT2D eigenvalue weighted by atomic mass is 35.5. The molecule has 2 aromatic carbocycles. The van der Waals surface area contributed by atoms with Gasteiger partial charge in [0.2, 0.25) is 0 Å². The fraction of sp³-hybridized carbons (Fsp3) is 0.143. The van der Waals surface area contributed by atoms with Crippen molar-refractivity contribution in [1.82, 2.24) is 0 Å². The second-order valence-corrected chi connectivity index (χ2v) is 5.85. The normalized spacial score (nSPS) is 12.1. The summed E-state index contributed by atoms with van der Waals surface area (Å²) in [6.45, 7) is 0.348. The zero-order chi connectivity index (χ0) is 13.7. The van der Waals surface area contributed by atoms with Gasteiger partial charge in [-0.05, 0) is 24.3 Å². The molecule has 3 nitrogen and oxygen atoms in total. The topological polar surface area (TPSA) is 52.3 Å². The number of anilines is 1. The number of hydrogen-bond donors (Lipinski definition) is 1. The summed E-state index contributed by atoms with van der Waals surface area (Å²) in [4.78, 5) is 0.639. The third-order valence-corrected chi connectivity index (χ3v) is 4.30. The minimum absolute atomic E-state index is 0.348. The number of hydrogen-bond acceptors (Lipinski definition) is 3. The lowest BCUT2D eigenvalue weighted by Gasteiger charge is -2.07. The highest BCUT2D eigenvalue weighted by molar-refractivity contribution is 7.85. The molecule has 1 unspecified atom stereocenters. The van der Waals surface area contributed by atoms with Gasteiger partial charge in [0.25, 0.3) is 0 Å². The van der Waals surface area contributed by atoms with Gasteiger partial charge in [-0.1, -0.05) is 29.8 Å². The van der Waals surface area contributed by atoms with E-state index in [0.717, 1.165) is 0 Å². The number of nitrogen functional groups attached to an aromatic ring is 1. The van der Waals surface area contributed by atoms with E-state index in [0.29, 0.717) is 33.7 Å². The van der Waals surface area contributed by atoms with E-state index in [9.17, 15) is 4.21 Å². The molecule has 0 spiro atoms. The molecule has 0 radical (unpaired) electrons. The minimum Gasteiger partial charge on any atom is -0.493 e. The van der Waals surface area contributed by atoms with Gasteiger partial charge in [-0.15, -0.1) is 0 Å². The quantitative estimate of drug-likeness (QED) is 0.862. The number of ether oxygens (including phenoxy) is 1. The molecule has 0 aromatic heterocycles.